The molecule has 6 heteroatoms. The molecule has 0 amide bonds. The zero-order valence-electron chi connectivity index (χ0n) is 8.50. The minimum absolute atomic E-state index is 0.141. The fourth-order valence-corrected chi connectivity index (χ4v) is 2.50. The summed E-state index contributed by atoms with van der Waals surface area (Å²) < 4.78 is 1.91. The van der Waals surface area contributed by atoms with Crippen LogP contribution in [0.3, 0.4) is 0 Å². The van der Waals surface area contributed by atoms with Crippen molar-refractivity contribution in [2.24, 2.45) is 0 Å². The largest absolute Gasteiger partial charge is 0.291 e. The quantitative estimate of drug-likeness (QED) is 0.666. The molecule has 0 spiro atoms. The van der Waals surface area contributed by atoms with Crippen LogP contribution in [-0.4, -0.2) is 14.6 Å². The van der Waals surface area contributed by atoms with Crippen molar-refractivity contribution in [3.8, 4) is 0 Å². The average Bonchev–Trinajstić information content (AvgIpc) is 2.87. The van der Waals surface area contributed by atoms with Crippen molar-refractivity contribution >= 4 is 34.0 Å². The number of thiazole rings is 1. The fourth-order valence-electron chi connectivity index (χ4n) is 1.49. The third-order valence-corrected chi connectivity index (χ3v) is 3.51. The minimum Gasteiger partial charge on any atom is -0.266 e. The predicted octanol–water partition coefficient (Wildman–Crippen LogP) is 1.35. The lowest BCUT2D eigenvalue weighted by Crippen LogP contribution is -2.23. The van der Waals surface area contributed by atoms with E-state index in [1.165, 1.54) is 22.2 Å². The molecular formula is C11H6ClN3OS. The summed E-state index contributed by atoms with van der Waals surface area (Å²) in [6.07, 6.45) is 3.18. The van der Waals surface area contributed by atoms with Crippen molar-refractivity contribution in [1.29, 1.82) is 0 Å². The second-order valence-electron chi connectivity index (χ2n) is 3.42. The maximum atomic E-state index is 11.9. The van der Waals surface area contributed by atoms with Gasteiger partial charge in [-0.05, 0) is 23.8 Å². The molecule has 2 aromatic heterocycles. The van der Waals surface area contributed by atoms with Gasteiger partial charge in [0, 0.05) is 5.02 Å². The third-order valence-electron chi connectivity index (χ3n) is 2.29. The van der Waals surface area contributed by atoms with Crippen LogP contribution in [0.2, 0.25) is 5.02 Å². The van der Waals surface area contributed by atoms with Gasteiger partial charge in [0.2, 0.25) is 4.96 Å². The summed E-state index contributed by atoms with van der Waals surface area (Å²) in [5.41, 5.74) is 0.786. The molecule has 0 atom stereocenters. The van der Waals surface area contributed by atoms with Gasteiger partial charge in [-0.2, -0.15) is 9.61 Å². The number of rotatable bonds is 1. The Morgan fingerprint density at radius 1 is 1.29 bits per heavy atom. The van der Waals surface area contributed by atoms with E-state index in [4.69, 9.17) is 11.6 Å². The number of nitrogens with zero attached hydrogens (tertiary/aromatic N) is 3. The molecular weight excluding hydrogens is 258 g/mol. The molecule has 0 aliphatic heterocycles. The summed E-state index contributed by atoms with van der Waals surface area (Å²) in [7, 11) is 0. The van der Waals surface area contributed by atoms with E-state index >= 15 is 0 Å². The van der Waals surface area contributed by atoms with Crippen LogP contribution in [0.5, 0.6) is 0 Å². The lowest BCUT2D eigenvalue weighted by atomic mass is 10.2. The van der Waals surface area contributed by atoms with E-state index in [9.17, 15) is 4.79 Å². The monoisotopic (exact) mass is 263 g/mol. The zero-order valence-corrected chi connectivity index (χ0v) is 10.1. The van der Waals surface area contributed by atoms with Gasteiger partial charge in [-0.1, -0.05) is 35.1 Å². The molecule has 1 aromatic carbocycles. The highest BCUT2D eigenvalue weighted by Gasteiger charge is 2.04. The SMILES string of the molecule is O=c1/c(=C\c2ccc(Cl)cc2)sc2ncnn12. The number of hydrogen-bond donors (Lipinski definition) is 0. The molecule has 4 nitrogen and oxygen atoms in total. The van der Waals surface area contributed by atoms with E-state index in [1.54, 1.807) is 18.2 Å². The molecule has 0 fully saturated rings. The molecule has 0 saturated carbocycles. The molecule has 0 N–H and O–H groups in total. The normalized spacial score (nSPS) is 12.4. The summed E-state index contributed by atoms with van der Waals surface area (Å²) in [5.74, 6) is 0. The van der Waals surface area contributed by atoms with Gasteiger partial charge in [0.15, 0.2) is 0 Å². The van der Waals surface area contributed by atoms with Crippen molar-refractivity contribution in [3.63, 3.8) is 0 Å². The van der Waals surface area contributed by atoms with E-state index in [0.29, 0.717) is 14.5 Å². The Hall–Kier alpha value is -1.72. The molecule has 0 saturated heterocycles. The van der Waals surface area contributed by atoms with Crippen molar-refractivity contribution in [3.05, 3.63) is 56.1 Å². The third kappa shape index (κ3) is 1.83. The highest BCUT2D eigenvalue weighted by Crippen LogP contribution is 2.10. The minimum atomic E-state index is -0.141. The summed E-state index contributed by atoms with van der Waals surface area (Å²) >= 11 is 7.11. The van der Waals surface area contributed by atoms with Gasteiger partial charge >= 0.3 is 0 Å². The van der Waals surface area contributed by atoms with E-state index in [1.807, 2.05) is 12.1 Å². The maximum absolute atomic E-state index is 11.9. The van der Waals surface area contributed by atoms with Crippen molar-refractivity contribution in [2.75, 3.05) is 0 Å². The van der Waals surface area contributed by atoms with Crippen LogP contribution in [0.25, 0.3) is 11.0 Å². The van der Waals surface area contributed by atoms with Gasteiger partial charge in [-0.3, -0.25) is 4.79 Å². The van der Waals surface area contributed by atoms with E-state index in [-0.39, 0.29) is 5.56 Å². The molecule has 17 heavy (non-hydrogen) atoms. The summed E-state index contributed by atoms with van der Waals surface area (Å²) in [4.78, 5) is 16.5. The topological polar surface area (TPSA) is 47.3 Å². The summed E-state index contributed by atoms with van der Waals surface area (Å²) in [5, 5.41) is 4.53. The predicted molar refractivity (Wildman–Crippen MR) is 67.4 cm³/mol. The first kappa shape index (κ1) is 10.4. The fraction of sp³-hybridized carbons (Fsp3) is 0. The Morgan fingerprint density at radius 3 is 2.76 bits per heavy atom. The first-order valence-corrected chi connectivity index (χ1v) is 6.03. The van der Waals surface area contributed by atoms with Gasteiger partial charge < -0.3 is 0 Å². The second-order valence-corrected chi connectivity index (χ2v) is 4.87. The summed E-state index contributed by atoms with van der Waals surface area (Å²) in [6.45, 7) is 0. The standard InChI is InChI=1S/C11H6ClN3OS/c12-8-3-1-7(2-4-8)5-9-10(16)15-11(17-9)13-6-14-15/h1-6H/b9-5+. The molecule has 0 unspecified atom stereocenters. The number of benzene rings is 1. The van der Waals surface area contributed by atoms with Crippen LogP contribution in [0.1, 0.15) is 5.56 Å². The molecule has 0 bridgehead atoms. The van der Waals surface area contributed by atoms with Crippen LogP contribution in [0, 0.1) is 0 Å². The average molecular weight is 264 g/mol. The molecule has 0 aliphatic carbocycles. The maximum Gasteiger partial charge on any atom is 0.291 e. The van der Waals surface area contributed by atoms with Gasteiger partial charge in [-0.25, -0.2) is 4.98 Å². The first-order chi connectivity index (χ1) is 8.24. The van der Waals surface area contributed by atoms with Gasteiger partial charge in [0.25, 0.3) is 5.56 Å². The van der Waals surface area contributed by atoms with Crippen molar-refractivity contribution in [1.82, 2.24) is 14.6 Å². The van der Waals surface area contributed by atoms with E-state index in [0.717, 1.165) is 5.56 Å². The van der Waals surface area contributed by atoms with Crippen LogP contribution < -0.4 is 10.1 Å². The first-order valence-electron chi connectivity index (χ1n) is 4.84. The number of aromatic nitrogens is 3. The van der Waals surface area contributed by atoms with E-state index < -0.39 is 0 Å². The summed E-state index contributed by atoms with van der Waals surface area (Å²) in [6, 6.07) is 7.29. The molecule has 84 valence electrons. The van der Waals surface area contributed by atoms with Gasteiger partial charge in [-0.15, -0.1) is 0 Å². The number of halogens is 1. The number of fused-ring (bicyclic) bond motifs is 1. The molecule has 0 aliphatic rings. The van der Waals surface area contributed by atoms with Crippen molar-refractivity contribution < 1.29 is 0 Å². The van der Waals surface area contributed by atoms with Gasteiger partial charge in [0.1, 0.15) is 6.33 Å². The highest BCUT2D eigenvalue weighted by molar-refractivity contribution is 7.15. The Balaban J connectivity index is 2.20. The van der Waals surface area contributed by atoms with Crippen LogP contribution in [0.15, 0.2) is 35.4 Å². The number of hydrogen-bond acceptors (Lipinski definition) is 4. The molecule has 2 heterocycles. The molecule has 3 aromatic rings. The Kier molecular flexibility index (Phi) is 2.42. The Morgan fingerprint density at radius 2 is 2.06 bits per heavy atom. The lowest BCUT2D eigenvalue weighted by Gasteiger charge is -1.91. The van der Waals surface area contributed by atoms with Crippen molar-refractivity contribution in [2.45, 2.75) is 0 Å². The van der Waals surface area contributed by atoms with Gasteiger partial charge in [0.05, 0.1) is 4.53 Å². The second kappa shape index (κ2) is 3.94. The Labute approximate surface area is 105 Å². The lowest BCUT2D eigenvalue weighted by molar-refractivity contribution is 0.932. The van der Waals surface area contributed by atoms with E-state index in [2.05, 4.69) is 10.1 Å². The molecule has 0 radical (unpaired) electrons. The van der Waals surface area contributed by atoms with Crippen LogP contribution in [0.4, 0.5) is 0 Å². The molecule has 3 rings (SSSR count). The Bertz CT molecular complexity index is 775. The van der Waals surface area contributed by atoms with Crippen LogP contribution >= 0.6 is 22.9 Å². The highest BCUT2D eigenvalue weighted by atomic mass is 35.5. The van der Waals surface area contributed by atoms with Crippen LogP contribution in [-0.2, 0) is 0 Å². The smallest absolute Gasteiger partial charge is 0.266 e. The zero-order chi connectivity index (χ0) is 11.8.